The number of carbonyl (C=O) groups excluding carboxylic acids is 1. The zero-order chi connectivity index (χ0) is 12.0. The lowest BCUT2D eigenvalue weighted by Crippen LogP contribution is -2.36. The van der Waals surface area contributed by atoms with E-state index in [-0.39, 0.29) is 19.1 Å². The maximum absolute atomic E-state index is 11.8. The molecule has 1 unspecified atom stereocenters. The Balaban J connectivity index is 2.55. The van der Waals surface area contributed by atoms with Crippen molar-refractivity contribution < 1.29 is 14.6 Å². The van der Waals surface area contributed by atoms with Crippen LogP contribution in [-0.4, -0.2) is 54.3 Å². The van der Waals surface area contributed by atoms with Gasteiger partial charge in [-0.05, 0) is 12.1 Å². The highest BCUT2D eigenvalue weighted by atomic mass is 16.5. The first-order valence-corrected chi connectivity index (χ1v) is 4.97. The summed E-state index contributed by atoms with van der Waals surface area (Å²) in [7, 11) is 3.15. The van der Waals surface area contributed by atoms with Crippen LogP contribution < -0.4 is 0 Å². The van der Waals surface area contributed by atoms with Crippen molar-refractivity contribution >= 4 is 5.91 Å². The number of aliphatic hydroxyl groups excluding tert-OH is 1. The quantitative estimate of drug-likeness (QED) is 0.774. The molecule has 0 radical (unpaired) electrons. The third-order valence-electron chi connectivity index (χ3n) is 2.12. The molecule has 0 aliphatic carbocycles. The lowest BCUT2D eigenvalue weighted by atomic mass is 10.2. The number of nitrogens with zero attached hydrogens (tertiary/aromatic N) is 2. The molecule has 0 aromatic carbocycles. The van der Waals surface area contributed by atoms with Crippen LogP contribution in [0, 0.1) is 0 Å². The SMILES string of the molecule is COCC(O)CN(C)C(=O)c1ccncc1. The number of hydrogen-bond donors (Lipinski definition) is 1. The zero-order valence-corrected chi connectivity index (χ0v) is 9.46. The molecule has 1 N–H and O–H groups in total. The molecule has 5 heteroatoms. The first-order valence-electron chi connectivity index (χ1n) is 4.97. The van der Waals surface area contributed by atoms with E-state index in [1.54, 1.807) is 31.6 Å². The minimum atomic E-state index is -0.666. The van der Waals surface area contributed by atoms with Gasteiger partial charge in [-0.25, -0.2) is 0 Å². The molecule has 0 bridgehead atoms. The Hall–Kier alpha value is -1.46. The molecule has 1 atom stereocenters. The molecule has 0 aliphatic heterocycles. The number of amides is 1. The van der Waals surface area contributed by atoms with Gasteiger partial charge in [0, 0.05) is 38.7 Å². The van der Waals surface area contributed by atoms with Crippen molar-refractivity contribution in [1.82, 2.24) is 9.88 Å². The predicted octanol–water partition coefficient (Wildman–Crippen LogP) is 0.161. The first kappa shape index (κ1) is 12.6. The van der Waals surface area contributed by atoms with Crippen molar-refractivity contribution in [3.63, 3.8) is 0 Å². The Morgan fingerprint density at radius 1 is 1.56 bits per heavy atom. The van der Waals surface area contributed by atoms with Crippen LogP contribution in [0.5, 0.6) is 0 Å². The van der Waals surface area contributed by atoms with Crippen LogP contribution in [0.15, 0.2) is 24.5 Å². The molecule has 0 saturated carbocycles. The second-order valence-corrected chi connectivity index (χ2v) is 3.53. The Morgan fingerprint density at radius 3 is 2.75 bits per heavy atom. The molecule has 1 rings (SSSR count). The van der Waals surface area contributed by atoms with E-state index in [1.807, 2.05) is 0 Å². The number of hydrogen-bond acceptors (Lipinski definition) is 4. The van der Waals surface area contributed by atoms with Gasteiger partial charge in [-0.2, -0.15) is 0 Å². The van der Waals surface area contributed by atoms with Gasteiger partial charge < -0.3 is 14.7 Å². The van der Waals surface area contributed by atoms with E-state index in [2.05, 4.69) is 4.98 Å². The van der Waals surface area contributed by atoms with Crippen molar-refractivity contribution in [3.05, 3.63) is 30.1 Å². The third kappa shape index (κ3) is 3.60. The summed E-state index contributed by atoms with van der Waals surface area (Å²) in [4.78, 5) is 17.1. The number of aliphatic hydroxyl groups is 1. The molecule has 0 saturated heterocycles. The number of ether oxygens (including phenoxy) is 1. The van der Waals surface area contributed by atoms with Crippen LogP contribution in [0.25, 0.3) is 0 Å². The Morgan fingerprint density at radius 2 is 2.19 bits per heavy atom. The normalized spacial score (nSPS) is 12.2. The molecule has 88 valence electrons. The number of methoxy groups -OCH3 is 1. The van der Waals surface area contributed by atoms with Gasteiger partial charge in [0.15, 0.2) is 0 Å². The third-order valence-corrected chi connectivity index (χ3v) is 2.12. The van der Waals surface area contributed by atoms with Crippen molar-refractivity contribution in [2.24, 2.45) is 0 Å². The molecule has 1 amide bonds. The second kappa shape index (κ2) is 6.19. The molecule has 0 spiro atoms. The van der Waals surface area contributed by atoms with E-state index >= 15 is 0 Å². The van der Waals surface area contributed by atoms with Crippen LogP contribution in [0.4, 0.5) is 0 Å². The smallest absolute Gasteiger partial charge is 0.253 e. The fourth-order valence-corrected chi connectivity index (χ4v) is 1.36. The van der Waals surface area contributed by atoms with Gasteiger partial charge in [-0.3, -0.25) is 9.78 Å². The highest BCUT2D eigenvalue weighted by molar-refractivity contribution is 5.93. The van der Waals surface area contributed by atoms with Crippen LogP contribution in [0.3, 0.4) is 0 Å². The van der Waals surface area contributed by atoms with E-state index in [0.29, 0.717) is 5.56 Å². The molecule has 5 nitrogen and oxygen atoms in total. The van der Waals surface area contributed by atoms with Gasteiger partial charge >= 0.3 is 0 Å². The summed E-state index contributed by atoms with van der Waals surface area (Å²) in [5.41, 5.74) is 0.558. The van der Waals surface area contributed by atoms with Crippen molar-refractivity contribution in [3.8, 4) is 0 Å². The summed E-state index contributed by atoms with van der Waals surface area (Å²) in [6.07, 6.45) is 2.46. The number of carbonyl (C=O) groups is 1. The van der Waals surface area contributed by atoms with E-state index in [4.69, 9.17) is 4.74 Å². The van der Waals surface area contributed by atoms with Gasteiger partial charge in [-0.15, -0.1) is 0 Å². The summed E-state index contributed by atoms with van der Waals surface area (Å²) in [5.74, 6) is -0.141. The van der Waals surface area contributed by atoms with E-state index < -0.39 is 6.10 Å². The van der Waals surface area contributed by atoms with Gasteiger partial charge in [0.2, 0.25) is 0 Å². The van der Waals surface area contributed by atoms with Gasteiger partial charge in [0.25, 0.3) is 5.91 Å². The molecule has 16 heavy (non-hydrogen) atoms. The summed E-state index contributed by atoms with van der Waals surface area (Å²) in [6, 6.07) is 3.28. The average Bonchev–Trinajstić information content (AvgIpc) is 2.29. The highest BCUT2D eigenvalue weighted by Crippen LogP contribution is 2.02. The Bertz CT molecular complexity index is 329. The summed E-state index contributed by atoms with van der Waals surface area (Å²) in [6.45, 7) is 0.461. The maximum atomic E-state index is 11.8. The summed E-state index contributed by atoms with van der Waals surface area (Å²) < 4.78 is 4.79. The fourth-order valence-electron chi connectivity index (χ4n) is 1.36. The average molecular weight is 224 g/mol. The number of pyridine rings is 1. The molecular weight excluding hydrogens is 208 g/mol. The number of likely N-dealkylation sites (N-methyl/N-ethyl adjacent to an activating group) is 1. The molecule has 0 fully saturated rings. The zero-order valence-electron chi connectivity index (χ0n) is 9.46. The first-order chi connectivity index (χ1) is 7.65. The van der Waals surface area contributed by atoms with Crippen molar-refractivity contribution in [2.75, 3.05) is 27.3 Å². The second-order valence-electron chi connectivity index (χ2n) is 3.53. The monoisotopic (exact) mass is 224 g/mol. The maximum Gasteiger partial charge on any atom is 0.253 e. The minimum Gasteiger partial charge on any atom is -0.389 e. The van der Waals surface area contributed by atoms with Crippen LogP contribution in [0.1, 0.15) is 10.4 Å². The predicted molar refractivity (Wildman–Crippen MR) is 59.1 cm³/mol. The van der Waals surface area contributed by atoms with Crippen LogP contribution in [-0.2, 0) is 4.74 Å². The lowest BCUT2D eigenvalue weighted by molar-refractivity contribution is 0.0380. The van der Waals surface area contributed by atoms with E-state index in [1.165, 1.54) is 12.0 Å². The Kier molecular flexibility index (Phi) is 4.88. The van der Waals surface area contributed by atoms with Gasteiger partial charge in [0.1, 0.15) is 0 Å². The highest BCUT2D eigenvalue weighted by Gasteiger charge is 2.14. The minimum absolute atomic E-state index is 0.141. The van der Waals surface area contributed by atoms with Gasteiger partial charge in [-0.1, -0.05) is 0 Å². The topological polar surface area (TPSA) is 62.7 Å². The van der Waals surface area contributed by atoms with Gasteiger partial charge in [0.05, 0.1) is 12.7 Å². The molecule has 1 aromatic heterocycles. The summed E-state index contributed by atoms with van der Waals surface area (Å²) >= 11 is 0. The largest absolute Gasteiger partial charge is 0.389 e. The fraction of sp³-hybridized carbons (Fsp3) is 0.455. The van der Waals surface area contributed by atoms with Crippen molar-refractivity contribution in [2.45, 2.75) is 6.10 Å². The van der Waals surface area contributed by atoms with E-state index in [9.17, 15) is 9.90 Å². The number of aromatic nitrogens is 1. The van der Waals surface area contributed by atoms with E-state index in [0.717, 1.165) is 0 Å². The molecule has 0 aliphatic rings. The Labute approximate surface area is 94.7 Å². The van der Waals surface area contributed by atoms with Crippen LogP contribution in [0.2, 0.25) is 0 Å². The number of rotatable bonds is 5. The molecule has 1 aromatic rings. The molecule has 1 heterocycles. The lowest BCUT2D eigenvalue weighted by Gasteiger charge is -2.20. The van der Waals surface area contributed by atoms with Crippen LogP contribution >= 0.6 is 0 Å². The van der Waals surface area contributed by atoms with Crippen molar-refractivity contribution in [1.29, 1.82) is 0 Å². The molecular formula is C11H16N2O3. The standard InChI is InChI=1S/C11H16N2O3/c1-13(7-10(14)8-16-2)11(15)9-3-5-12-6-4-9/h3-6,10,14H,7-8H2,1-2H3. The summed E-state index contributed by atoms with van der Waals surface area (Å²) in [5, 5.41) is 9.48.